The molecule has 0 radical (unpaired) electrons. The Morgan fingerprint density at radius 2 is 2.06 bits per heavy atom. The summed E-state index contributed by atoms with van der Waals surface area (Å²) in [5, 5.41) is 11.2. The Labute approximate surface area is 179 Å². The molecule has 3 saturated heterocycles. The number of benzene rings is 1. The van der Waals surface area contributed by atoms with Gasteiger partial charge >= 0.3 is 6.09 Å². The van der Waals surface area contributed by atoms with Crippen molar-refractivity contribution in [3.8, 4) is 0 Å². The molecule has 0 unspecified atom stereocenters. The summed E-state index contributed by atoms with van der Waals surface area (Å²) in [5.74, 6) is -1.30. The summed E-state index contributed by atoms with van der Waals surface area (Å²) in [4.78, 5) is 27.1. The van der Waals surface area contributed by atoms with Crippen LogP contribution in [0.3, 0.4) is 0 Å². The van der Waals surface area contributed by atoms with Crippen molar-refractivity contribution in [1.29, 1.82) is 0 Å². The molecule has 1 N–H and O–H groups in total. The lowest BCUT2D eigenvalue weighted by molar-refractivity contribution is -0.165. The third-order valence-electron chi connectivity index (χ3n) is 5.95. The Bertz CT molecular complexity index is 900. The van der Waals surface area contributed by atoms with Gasteiger partial charge in [0, 0.05) is 5.57 Å². The fraction of sp³-hybridized carbons (Fsp3) is 0.545. The fourth-order valence-electron chi connectivity index (χ4n) is 4.63. The van der Waals surface area contributed by atoms with Gasteiger partial charge in [-0.05, 0) is 25.5 Å². The first-order chi connectivity index (χ1) is 14.8. The highest BCUT2D eigenvalue weighted by Gasteiger charge is 2.58. The van der Waals surface area contributed by atoms with Gasteiger partial charge in [0.05, 0.1) is 19.2 Å². The minimum absolute atomic E-state index is 0.0922. The van der Waals surface area contributed by atoms with Gasteiger partial charge in [0.25, 0.3) is 0 Å². The molecule has 166 valence electrons. The lowest BCUT2D eigenvalue weighted by Crippen LogP contribution is -2.51. The molecule has 3 fully saturated rings. The van der Waals surface area contributed by atoms with Crippen LogP contribution in [-0.4, -0.2) is 77.6 Å². The van der Waals surface area contributed by atoms with E-state index in [2.05, 4.69) is 0 Å². The van der Waals surface area contributed by atoms with E-state index >= 15 is 0 Å². The van der Waals surface area contributed by atoms with Gasteiger partial charge in [-0.2, -0.15) is 0 Å². The Balaban J connectivity index is 1.38. The van der Waals surface area contributed by atoms with Gasteiger partial charge in [0.15, 0.2) is 5.79 Å². The first kappa shape index (κ1) is 20.6. The number of ketones is 1. The summed E-state index contributed by atoms with van der Waals surface area (Å²) < 4.78 is 28.2. The van der Waals surface area contributed by atoms with Gasteiger partial charge in [-0.1, -0.05) is 30.3 Å². The van der Waals surface area contributed by atoms with Crippen LogP contribution in [-0.2, 0) is 35.1 Å². The number of nitrogens with zero attached hydrogens (tertiary/aromatic N) is 1. The number of Topliss-reactive ketones (excluding diaryl/α,β-unsaturated/α-hetero) is 1. The molecule has 4 heterocycles. The predicted molar refractivity (Wildman–Crippen MR) is 105 cm³/mol. The monoisotopic (exact) mass is 431 g/mol. The Morgan fingerprint density at radius 3 is 2.84 bits per heavy atom. The molecule has 0 saturated carbocycles. The zero-order chi connectivity index (χ0) is 21.8. The van der Waals surface area contributed by atoms with Crippen molar-refractivity contribution in [2.75, 3.05) is 13.2 Å². The number of aliphatic hydroxyl groups is 1. The molecule has 2 bridgehead atoms. The van der Waals surface area contributed by atoms with Crippen molar-refractivity contribution in [2.24, 2.45) is 0 Å². The Kier molecular flexibility index (Phi) is 5.10. The summed E-state index contributed by atoms with van der Waals surface area (Å²) in [5.41, 5.74) is 1.01. The van der Waals surface area contributed by atoms with Crippen molar-refractivity contribution in [3.63, 3.8) is 0 Å². The molecule has 0 aromatic heterocycles. The lowest BCUT2D eigenvalue weighted by atomic mass is 9.92. The second kappa shape index (κ2) is 7.68. The van der Waals surface area contributed by atoms with Gasteiger partial charge in [-0.15, -0.1) is 0 Å². The number of hydrogen-bond donors (Lipinski definition) is 1. The normalized spacial score (nSPS) is 34.4. The standard InChI is InChI=1S/C22H25NO8/c1-22(2)30-15-9-23(21(26)28-10-12-6-4-3-5-7-12)16(19(15)31-22)17(24)14-8-13-11-27-20(29-13)18(14)25/h3-8,13,15-17,19-20,24H,9-11H2,1-2H3/t13-,15-,16+,17-,19-,20+/m0/s1. The Hall–Kier alpha value is -2.30. The maximum absolute atomic E-state index is 13.0. The van der Waals surface area contributed by atoms with Gasteiger partial charge in [0.2, 0.25) is 12.1 Å². The number of likely N-dealkylation sites (tertiary alicyclic amines) is 1. The molecule has 0 aliphatic carbocycles. The van der Waals surface area contributed by atoms with Gasteiger partial charge in [-0.25, -0.2) is 4.79 Å². The lowest BCUT2D eigenvalue weighted by Gasteiger charge is -2.34. The summed E-state index contributed by atoms with van der Waals surface area (Å²) >= 11 is 0. The van der Waals surface area contributed by atoms with E-state index in [1.54, 1.807) is 19.9 Å². The van der Waals surface area contributed by atoms with E-state index in [1.807, 2.05) is 30.3 Å². The quantitative estimate of drug-likeness (QED) is 0.757. The zero-order valence-corrected chi connectivity index (χ0v) is 17.3. The number of aliphatic hydroxyl groups excluding tert-OH is 1. The van der Waals surface area contributed by atoms with Crippen LogP contribution >= 0.6 is 0 Å². The van der Waals surface area contributed by atoms with Crippen molar-refractivity contribution < 1.29 is 38.4 Å². The van der Waals surface area contributed by atoms with E-state index in [0.717, 1.165) is 5.56 Å². The average molecular weight is 431 g/mol. The Morgan fingerprint density at radius 1 is 1.29 bits per heavy atom. The highest BCUT2D eigenvalue weighted by atomic mass is 16.8. The molecular weight excluding hydrogens is 406 g/mol. The third kappa shape index (κ3) is 3.77. The highest BCUT2D eigenvalue weighted by Crippen LogP contribution is 2.40. The topological polar surface area (TPSA) is 104 Å². The number of fused-ring (bicyclic) bond motifs is 3. The molecule has 0 spiro atoms. The maximum Gasteiger partial charge on any atom is 0.410 e. The molecule has 1 aromatic carbocycles. The predicted octanol–water partition coefficient (Wildman–Crippen LogP) is 1.14. The number of ether oxygens (including phenoxy) is 5. The smallest absolute Gasteiger partial charge is 0.410 e. The first-order valence-corrected chi connectivity index (χ1v) is 10.4. The van der Waals surface area contributed by atoms with Crippen LogP contribution < -0.4 is 0 Å². The van der Waals surface area contributed by atoms with Crippen molar-refractivity contribution in [1.82, 2.24) is 4.90 Å². The number of hydrogen-bond acceptors (Lipinski definition) is 8. The first-order valence-electron chi connectivity index (χ1n) is 10.4. The van der Waals surface area contributed by atoms with E-state index in [9.17, 15) is 14.7 Å². The minimum atomic E-state index is -1.29. The summed E-state index contributed by atoms with van der Waals surface area (Å²) in [7, 11) is 0. The molecule has 1 amide bonds. The number of carbonyl (C=O) groups is 2. The van der Waals surface area contributed by atoms with Crippen LogP contribution in [0.2, 0.25) is 0 Å². The van der Waals surface area contributed by atoms with Crippen molar-refractivity contribution in [2.45, 2.75) is 63.0 Å². The zero-order valence-electron chi connectivity index (χ0n) is 17.3. The summed E-state index contributed by atoms with van der Waals surface area (Å²) in [6.07, 6.45) is -2.80. The van der Waals surface area contributed by atoms with E-state index in [4.69, 9.17) is 23.7 Å². The molecule has 6 atom stereocenters. The molecule has 5 rings (SSSR count). The second-order valence-corrected chi connectivity index (χ2v) is 8.59. The molecule has 1 aromatic rings. The van der Waals surface area contributed by atoms with Crippen LogP contribution in [0.15, 0.2) is 42.0 Å². The molecule has 31 heavy (non-hydrogen) atoms. The van der Waals surface area contributed by atoms with Crippen LogP contribution in [0.25, 0.3) is 0 Å². The van der Waals surface area contributed by atoms with Crippen LogP contribution in [0.5, 0.6) is 0 Å². The molecule has 4 aliphatic rings. The average Bonchev–Trinajstić information content (AvgIpc) is 3.39. The summed E-state index contributed by atoms with van der Waals surface area (Å²) in [6.45, 7) is 4.08. The maximum atomic E-state index is 13.0. The van der Waals surface area contributed by atoms with Crippen LogP contribution in [0.4, 0.5) is 4.79 Å². The van der Waals surface area contributed by atoms with E-state index in [0.29, 0.717) is 0 Å². The number of rotatable bonds is 4. The molecule has 9 heteroatoms. The summed E-state index contributed by atoms with van der Waals surface area (Å²) in [6, 6.07) is 8.47. The molecular formula is C22H25NO8. The number of carbonyl (C=O) groups excluding carboxylic acids is 2. The van der Waals surface area contributed by atoms with Crippen molar-refractivity contribution in [3.05, 3.63) is 47.5 Å². The van der Waals surface area contributed by atoms with E-state index in [-0.39, 0.29) is 25.3 Å². The number of amides is 1. The van der Waals surface area contributed by atoms with E-state index in [1.165, 1.54) is 4.90 Å². The second-order valence-electron chi connectivity index (χ2n) is 8.59. The molecule has 4 aliphatic heterocycles. The van der Waals surface area contributed by atoms with Gasteiger partial charge in [-0.3, -0.25) is 9.69 Å². The SMILES string of the molecule is CC1(C)O[C@@H]2[C@@H]([C@@H](O)C3=C[C@H]4CO[C@H](O4)C3=O)N(C(=O)OCc3ccccc3)C[C@@H]2O1. The van der Waals surface area contributed by atoms with Crippen molar-refractivity contribution >= 4 is 11.9 Å². The van der Waals surface area contributed by atoms with Gasteiger partial charge in [0.1, 0.15) is 31.0 Å². The largest absolute Gasteiger partial charge is 0.445 e. The van der Waals surface area contributed by atoms with Gasteiger partial charge < -0.3 is 28.8 Å². The van der Waals surface area contributed by atoms with Crippen LogP contribution in [0.1, 0.15) is 19.4 Å². The van der Waals surface area contributed by atoms with E-state index < -0.39 is 54.4 Å². The minimum Gasteiger partial charge on any atom is -0.445 e. The van der Waals surface area contributed by atoms with Crippen LogP contribution in [0, 0.1) is 0 Å². The fourth-order valence-corrected chi connectivity index (χ4v) is 4.63. The third-order valence-corrected chi connectivity index (χ3v) is 5.95. The molecule has 9 nitrogen and oxygen atoms in total. The highest BCUT2D eigenvalue weighted by molar-refractivity contribution is 6.00.